The Morgan fingerprint density at radius 2 is 1.74 bits per heavy atom. The van der Waals surface area contributed by atoms with Crippen molar-refractivity contribution in [3.8, 4) is 5.75 Å². The lowest BCUT2D eigenvalue weighted by Gasteiger charge is -2.35. The van der Waals surface area contributed by atoms with Gasteiger partial charge in [-0.3, -0.25) is 14.5 Å². The zero-order chi connectivity index (χ0) is 19.4. The number of benzene rings is 2. The van der Waals surface area contributed by atoms with E-state index in [0.717, 1.165) is 35.2 Å². The van der Waals surface area contributed by atoms with Crippen molar-refractivity contribution in [1.29, 1.82) is 0 Å². The first kappa shape index (κ1) is 19.2. The molecule has 27 heavy (non-hydrogen) atoms. The molecule has 0 radical (unpaired) electrons. The van der Waals surface area contributed by atoms with Crippen LogP contribution in [0, 0.1) is 0 Å². The fourth-order valence-corrected chi connectivity index (χ4v) is 3.46. The number of likely N-dealkylation sites (N-methyl/N-ethyl adjacent to an activating group) is 1. The zero-order valence-electron chi connectivity index (χ0n) is 16.2. The molecule has 6 heteroatoms. The Morgan fingerprint density at radius 3 is 2.41 bits per heavy atom. The minimum absolute atomic E-state index is 0.0101. The Morgan fingerprint density at radius 1 is 1.07 bits per heavy atom. The smallest absolute Gasteiger partial charge is 0.233 e. The Balaban J connectivity index is 1.65. The normalized spacial score (nSPS) is 16.2. The third kappa shape index (κ3) is 4.39. The van der Waals surface area contributed by atoms with E-state index in [1.165, 1.54) is 0 Å². The summed E-state index contributed by atoms with van der Waals surface area (Å²) in [5.41, 5.74) is 1.02. The van der Waals surface area contributed by atoms with Gasteiger partial charge in [0.05, 0.1) is 19.6 Å². The van der Waals surface area contributed by atoms with Crippen molar-refractivity contribution in [1.82, 2.24) is 15.1 Å². The number of ether oxygens (including phenoxy) is 1. The molecule has 2 amide bonds. The predicted molar refractivity (Wildman–Crippen MR) is 106 cm³/mol. The number of hydrogen-bond acceptors (Lipinski definition) is 4. The van der Waals surface area contributed by atoms with E-state index < -0.39 is 0 Å². The largest absolute Gasteiger partial charge is 0.497 e. The summed E-state index contributed by atoms with van der Waals surface area (Å²) in [4.78, 5) is 28.4. The van der Waals surface area contributed by atoms with Gasteiger partial charge in [-0.1, -0.05) is 24.3 Å². The number of carbonyl (C=O) groups excluding carboxylic acids is 2. The minimum Gasteiger partial charge on any atom is -0.497 e. The molecule has 1 heterocycles. The lowest BCUT2D eigenvalue weighted by Crippen LogP contribution is -2.51. The number of amides is 2. The van der Waals surface area contributed by atoms with E-state index in [4.69, 9.17) is 4.74 Å². The Labute approximate surface area is 160 Å². The van der Waals surface area contributed by atoms with Crippen molar-refractivity contribution < 1.29 is 14.3 Å². The first-order chi connectivity index (χ1) is 13.0. The van der Waals surface area contributed by atoms with Crippen LogP contribution in [0.5, 0.6) is 5.75 Å². The molecular formula is C21H27N3O3. The van der Waals surface area contributed by atoms with Crippen molar-refractivity contribution >= 4 is 22.6 Å². The van der Waals surface area contributed by atoms with Crippen molar-refractivity contribution in [2.45, 2.75) is 12.8 Å². The summed E-state index contributed by atoms with van der Waals surface area (Å²) >= 11 is 0. The van der Waals surface area contributed by atoms with Gasteiger partial charge in [-0.15, -0.1) is 0 Å². The van der Waals surface area contributed by atoms with Crippen LogP contribution in [0.3, 0.4) is 0 Å². The molecule has 1 N–H and O–H groups in total. The van der Waals surface area contributed by atoms with E-state index in [1.807, 2.05) is 42.2 Å². The van der Waals surface area contributed by atoms with Gasteiger partial charge in [0, 0.05) is 33.2 Å². The summed E-state index contributed by atoms with van der Waals surface area (Å²) in [6.45, 7) is 5.12. The highest BCUT2D eigenvalue weighted by Gasteiger charge is 2.26. The van der Waals surface area contributed by atoms with E-state index in [-0.39, 0.29) is 17.7 Å². The topological polar surface area (TPSA) is 61.9 Å². The fourth-order valence-electron chi connectivity index (χ4n) is 3.46. The van der Waals surface area contributed by atoms with E-state index >= 15 is 0 Å². The zero-order valence-corrected chi connectivity index (χ0v) is 16.2. The molecule has 2 aromatic carbocycles. The van der Waals surface area contributed by atoms with Crippen molar-refractivity contribution in [3.63, 3.8) is 0 Å². The van der Waals surface area contributed by atoms with E-state index in [2.05, 4.69) is 16.3 Å². The molecule has 3 rings (SSSR count). The van der Waals surface area contributed by atoms with Crippen LogP contribution in [0.2, 0.25) is 0 Å². The number of fused-ring (bicyclic) bond motifs is 1. The molecule has 0 bridgehead atoms. The Kier molecular flexibility index (Phi) is 5.96. The molecule has 1 aliphatic heterocycles. The summed E-state index contributed by atoms with van der Waals surface area (Å²) in [5.74, 6) is 0.786. The highest BCUT2D eigenvalue weighted by atomic mass is 16.5. The maximum Gasteiger partial charge on any atom is 0.233 e. The summed E-state index contributed by atoms with van der Waals surface area (Å²) in [7, 11) is 3.30. The molecule has 144 valence electrons. The maximum atomic E-state index is 12.9. The number of carbonyl (C=O) groups is 2. The molecule has 1 saturated heterocycles. The van der Waals surface area contributed by atoms with Gasteiger partial charge < -0.3 is 15.0 Å². The number of hydrogen-bond donors (Lipinski definition) is 1. The summed E-state index contributed by atoms with van der Waals surface area (Å²) in [5, 5.41) is 4.84. The molecule has 0 saturated carbocycles. The minimum atomic E-state index is -0.193. The van der Waals surface area contributed by atoms with Crippen LogP contribution in [0.15, 0.2) is 36.4 Å². The number of methoxy groups -OCH3 is 1. The third-order valence-electron chi connectivity index (χ3n) is 5.27. The Bertz CT molecular complexity index is 829. The van der Waals surface area contributed by atoms with Gasteiger partial charge in [0.15, 0.2) is 0 Å². The maximum absolute atomic E-state index is 12.9. The van der Waals surface area contributed by atoms with Gasteiger partial charge in [-0.2, -0.15) is 0 Å². The fraction of sp³-hybridized carbons (Fsp3) is 0.429. The third-order valence-corrected chi connectivity index (χ3v) is 5.27. The first-order valence-corrected chi connectivity index (χ1v) is 9.31. The van der Waals surface area contributed by atoms with Gasteiger partial charge in [0.25, 0.3) is 0 Å². The highest BCUT2D eigenvalue weighted by Crippen LogP contribution is 2.26. The second-order valence-corrected chi connectivity index (χ2v) is 6.97. The SMILES string of the molecule is CNC(=O)CN1CCN(C(=O)[C@@H](C)c2ccc3cc(OC)ccc3c2)CC1. The van der Waals surface area contributed by atoms with Crippen molar-refractivity contribution in [2.24, 2.45) is 0 Å². The summed E-state index contributed by atoms with van der Waals surface area (Å²) in [6, 6.07) is 12.1. The van der Waals surface area contributed by atoms with E-state index in [0.29, 0.717) is 19.6 Å². The van der Waals surface area contributed by atoms with Crippen LogP contribution in [-0.2, 0) is 9.59 Å². The average Bonchev–Trinajstić information content (AvgIpc) is 2.72. The quantitative estimate of drug-likeness (QED) is 0.874. The number of rotatable bonds is 5. The van der Waals surface area contributed by atoms with Crippen LogP contribution in [-0.4, -0.2) is 68.5 Å². The van der Waals surface area contributed by atoms with Gasteiger partial charge in [0.2, 0.25) is 11.8 Å². The summed E-state index contributed by atoms with van der Waals surface area (Å²) in [6.07, 6.45) is 0. The second kappa shape index (κ2) is 8.39. The molecule has 1 aliphatic rings. The highest BCUT2D eigenvalue weighted by molar-refractivity contribution is 5.88. The van der Waals surface area contributed by atoms with Crippen LogP contribution in [0.1, 0.15) is 18.4 Å². The second-order valence-electron chi connectivity index (χ2n) is 6.97. The number of piperazine rings is 1. The molecule has 0 aromatic heterocycles. The van der Waals surface area contributed by atoms with Crippen molar-refractivity contribution in [3.05, 3.63) is 42.0 Å². The van der Waals surface area contributed by atoms with E-state index in [1.54, 1.807) is 14.2 Å². The molecular weight excluding hydrogens is 342 g/mol. The predicted octanol–water partition coefficient (Wildman–Crippen LogP) is 1.84. The van der Waals surface area contributed by atoms with Gasteiger partial charge >= 0.3 is 0 Å². The van der Waals surface area contributed by atoms with Crippen molar-refractivity contribution in [2.75, 3.05) is 46.9 Å². The van der Waals surface area contributed by atoms with Crippen LogP contribution in [0.25, 0.3) is 10.8 Å². The Hall–Kier alpha value is -2.60. The van der Waals surface area contributed by atoms with Crippen LogP contribution >= 0.6 is 0 Å². The number of nitrogens with one attached hydrogen (secondary N) is 1. The molecule has 0 spiro atoms. The monoisotopic (exact) mass is 369 g/mol. The van der Waals surface area contributed by atoms with Gasteiger partial charge in [-0.25, -0.2) is 0 Å². The lowest BCUT2D eigenvalue weighted by atomic mass is 9.96. The number of nitrogens with zero attached hydrogens (tertiary/aromatic N) is 2. The lowest BCUT2D eigenvalue weighted by molar-refractivity contribution is -0.134. The molecule has 0 unspecified atom stereocenters. The molecule has 0 aliphatic carbocycles. The van der Waals surface area contributed by atoms with Gasteiger partial charge in [0.1, 0.15) is 5.75 Å². The standard InChI is InChI=1S/C21H27N3O3/c1-15(16-4-5-18-13-19(27-3)7-6-17(18)12-16)21(26)24-10-8-23(9-11-24)14-20(25)22-2/h4-7,12-13,15H,8-11,14H2,1-3H3,(H,22,25)/t15-/m0/s1. The molecule has 1 fully saturated rings. The van der Waals surface area contributed by atoms with Crippen LogP contribution in [0.4, 0.5) is 0 Å². The van der Waals surface area contributed by atoms with Crippen LogP contribution < -0.4 is 10.1 Å². The molecule has 1 atom stereocenters. The molecule has 6 nitrogen and oxygen atoms in total. The van der Waals surface area contributed by atoms with Gasteiger partial charge in [-0.05, 0) is 35.4 Å². The first-order valence-electron chi connectivity index (χ1n) is 9.31. The summed E-state index contributed by atoms with van der Waals surface area (Å²) < 4.78 is 5.27. The molecule has 2 aromatic rings. The average molecular weight is 369 g/mol. The van der Waals surface area contributed by atoms with E-state index in [9.17, 15) is 9.59 Å².